The number of urea groups is 1. The fraction of sp³-hybridized carbons (Fsp3) is 0.846. The molecule has 1 saturated carbocycles. The van der Waals surface area contributed by atoms with Crippen molar-refractivity contribution in [3.05, 3.63) is 0 Å². The minimum absolute atomic E-state index is 0.000125. The van der Waals surface area contributed by atoms with Gasteiger partial charge in [0.1, 0.15) is 0 Å². The molecule has 1 heterocycles. The van der Waals surface area contributed by atoms with E-state index in [2.05, 4.69) is 10.2 Å². The van der Waals surface area contributed by atoms with Crippen molar-refractivity contribution in [2.45, 2.75) is 44.7 Å². The van der Waals surface area contributed by atoms with E-state index in [1.807, 2.05) is 6.92 Å². The van der Waals surface area contributed by atoms with Gasteiger partial charge in [0.15, 0.2) is 0 Å². The van der Waals surface area contributed by atoms with Gasteiger partial charge in [-0.2, -0.15) is 0 Å². The highest BCUT2D eigenvalue weighted by atomic mass is 16.4. The van der Waals surface area contributed by atoms with Crippen molar-refractivity contribution in [1.82, 2.24) is 15.1 Å². The molecule has 108 valence electrons. The summed E-state index contributed by atoms with van der Waals surface area (Å²) in [7, 11) is 0. The third kappa shape index (κ3) is 4.09. The molecule has 1 aliphatic heterocycles. The van der Waals surface area contributed by atoms with E-state index in [4.69, 9.17) is 5.11 Å². The molecular weight excluding hydrogens is 246 g/mol. The minimum atomic E-state index is -0.868. The lowest BCUT2D eigenvalue weighted by Gasteiger charge is -2.23. The number of amides is 2. The molecule has 2 N–H and O–H groups in total. The molecule has 2 aliphatic rings. The average molecular weight is 269 g/mol. The van der Waals surface area contributed by atoms with Crippen LogP contribution >= 0.6 is 0 Å². The summed E-state index contributed by atoms with van der Waals surface area (Å²) in [5.74, 6) is -0.868. The Hall–Kier alpha value is -1.30. The van der Waals surface area contributed by atoms with Crippen molar-refractivity contribution < 1.29 is 14.7 Å². The van der Waals surface area contributed by atoms with E-state index < -0.39 is 5.97 Å². The van der Waals surface area contributed by atoms with E-state index in [0.717, 1.165) is 25.6 Å². The second kappa shape index (κ2) is 6.23. The fourth-order valence-corrected chi connectivity index (χ4v) is 2.58. The average Bonchev–Trinajstić information content (AvgIpc) is 3.11. The molecule has 1 saturated heterocycles. The van der Waals surface area contributed by atoms with Crippen LogP contribution in [0.15, 0.2) is 0 Å². The third-order valence-electron chi connectivity index (χ3n) is 3.88. The minimum Gasteiger partial charge on any atom is -0.481 e. The molecule has 19 heavy (non-hydrogen) atoms. The molecule has 2 amide bonds. The van der Waals surface area contributed by atoms with E-state index in [1.54, 1.807) is 4.90 Å². The first-order chi connectivity index (χ1) is 9.10. The normalized spacial score (nSPS) is 23.3. The summed E-state index contributed by atoms with van der Waals surface area (Å²) in [4.78, 5) is 26.6. The summed E-state index contributed by atoms with van der Waals surface area (Å²) in [5, 5.41) is 11.7. The Morgan fingerprint density at radius 3 is 2.68 bits per heavy atom. The molecule has 0 radical (unpaired) electrons. The molecule has 0 spiro atoms. The van der Waals surface area contributed by atoms with Crippen molar-refractivity contribution in [1.29, 1.82) is 0 Å². The fourth-order valence-electron chi connectivity index (χ4n) is 2.58. The molecule has 0 aromatic rings. The summed E-state index contributed by atoms with van der Waals surface area (Å²) >= 11 is 0. The van der Waals surface area contributed by atoms with Crippen LogP contribution in [0, 0.1) is 0 Å². The van der Waals surface area contributed by atoms with Crippen molar-refractivity contribution in [3.63, 3.8) is 0 Å². The van der Waals surface area contributed by atoms with Gasteiger partial charge in [-0.1, -0.05) is 0 Å². The summed E-state index contributed by atoms with van der Waals surface area (Å²) < 4.78 is 0. The van der Waals surface area contributed by atoms with Gasteiger partial charge in [0.05, 0.1) is 6.42 Å². The highest BCUT2D eigenvalue weighted by Gasteiger charge is 2.35. The predicted octanol–water partition coefficient (Wildman–Crippen LogP) is 0.729. The van der Waals surface area contributed by atoms with Crippen LogP contribution < -0.4 is 5.32 Å². The Balaban J connectivity index is 1.73. The Labute approximate surface area is 113 Å². The topological polar surface area (TPSA) is 72.9 Å². The van der Waals surface area contributed by atoms with Crippen molar-refractivity contribution in [3.8, 4) is 0 Å². The molecule has 2 rings (SSSR count). The number of nitrogens with one attached hydrogen (secondary N) is 1. The molecule has 6 nitrogen and oxygen atoms in total. The number of carbonyl (C=O) groups is 2. The Kier molecular flexibility index (Phi) is 4.63. The molecule has 6 heteroatoms. The maximum absolute atomic E-state index is 12.0. The lowest BCUT2D eigenvalue weighted by molar-refractivity contribution is -0.137. The van der Waals surface area contributed by atoms with Crippen molar-refractivity contribution >= 4 is 12.0 Å². The van der Waals surface area contributed by atoms with Crippen LogP contribution in [0.2, 0.25) is 0 Å². The Bertz CT molecular complexity index is 344. The molecule has 0 bridgehead atoms. The number of hydrogen-bond donors (Lipinski definition) is 2. The molecular formula is C13H23N3O3. The first-order valence-electron chi connectivity index (χ1n) is 7.11. The standard InChI is InChI=1S/C13H23N3O3/c1-2-15(8-6-12(17)18)13(19)14-10-5-7-16(9-10)11-3-4-11/h10-11H,2-9H2,1H3,(H,14,19)(H,17,18). The van der Waals surface area contributed by atoms with E-state index in [1.165, 1.54) is 12.8 Å². The highest BCUT2D eigenvalue weighted by molar-refractivity contribution is 5.75. The van der Waals surface area contributed by atoms with Gasteiger partial charge < -0.3 is 15.3 Å². The monoisotopic (exact) mass is 269 g/mol. The number of carboxylic acids is 1. The zero-order valence-corrected chi connectivity index (χ0v) is 11.5. The first kappa shape index (κ1) is 14.1. The van der Waals surface area contributed by atoms with Crippen LogP contribution in [-0.4, -0.2) is 65.2 Å². The van der Waals surface area contributed by atoms with Gasteiger partial charge in [0.25, 0.3) is 0 Å². The number of rotatable bonds is 6. The van der Waals surface area contributed by atoms with Gasteiger partial charge in [-0.3, -0.25) is 9.69 Å². The van der Waals surface area contributed by atoms with Crippen LogP contribution in [0.3, 0.4) is 0 Å². The number of carboxylic acid groups (broad SMARTS) is 1. The molecule has 1 unspecified atom stereocenters. The number of likely N-dealkylation sites (tertiary alicyclic amines) is 1. The number of hydrogen-bond acceptors (Lipinski definition) is 3. The molecule has 0 aromatic heterocycles. The zero-order valence-electron chi connectivity index (χ0n) is 11.5. The molecule has 1 atom stereocenters. The second-order valence-electron chi connectivity index (χ2n) is 5.38. The third-order valence-corrected chi connectivity index (χ3v) is 3.88. The number of aliphatic carboxylic acids is 1. The van der Waals surface area contributed by atoms with E-state index >= 15 is 0 Å². The van der Waals surface area contributed by atoms with Gasteiger partial charge >= 0.3 is 12.0 Å². The summed E-state index contributed by atoms with van der Waals surface area (Å²) in [6.07, 6.45) is 3.58. The SMILES string of the molecule is CCN(CCC(=O)O)C(=O)NC1CCN(C2CC2)C1. The van der Waals surface area contributed by atoms with Crippen LogP contribution in [0.1, 0.15) is 32.6 Å². The van der Waals surface area contributed by atoms with Gasteiger partial charge in [0, 0.05) is 38.3 Å². The Morgan fingerprint density at radius 1 is 1.37 bits per heavy atom. The maximum atomic E-state index is 12.0. The second-order valence-corrected chi connectivity index (χ2v) is 5.38. The number of nitrogens with zero attached hydrogens (tertiary/aromatic N) is 2. The van der Waals surface area contributed by atoms with Crippen molar-refractivity contribution in [2.75, 3.05) is 26.2 Å². The van der Waals surface area contributed by atoms with Crippen LogP contribution in [-0.2, 0) is 4.79 Å². The van der Waals surface area contributed by atoms with Crippen LogP contribution in [0.25, 0.3) is 0 Å². The van der Waals surface area contributed by atoms with Gasteiger partial charge in [-0.25, -0.2) is 4.79 Å². The summed E-state index contributed by atoms with van der Waals surface area (Å²) in [6.45, 7) is 4.69. The van der Waals surface area contributed by atoms with Crippen LogP contribution in [0.5, 0.6) is 0 Å². The van der Waals surface area contributed by atoms with Gasteiger partial charge in [-0.15, -0.1) is 0 Å². The predicted molar refractivity (Wildman–Crippen MR) is 71.0 cm³/mol. The maximum Gasteiger partial charge on any atom is 0.317 e. The van der Waals surface area contributed by atoms with Crippen molar-refractivity contribution in [2.24, 2.45) is 0 Å². The lowest BCUT2D eigenvalue weighted by atomic mass is 10.2. The zero-order chi connectivity index (χ0) is 13.8. The van der Waals surface area contributed by atoms with Crippen LogP contribution in [0.4, 0.5) is 4.79 Å². The lowest BCUT2D eigenvalue weighted by Crippen LogP contribution is -2.46. The molecule has 0 aromatic carbocycles. The first-order valence-corrected chi connectivity index (χ1v) is 7.11. The van der Waals surface area contributed by atoms with E-state index in [0.29, 0.717) is 6.54 Å². The smallest absolute Gasteiger partial charge is 0.317 e. The van der Waals surface area contributed by atoms with E-state index in [9.17, 15) is 9.59 Å². The number of carbonyl (C=O) groups excluding carboxylic acids is 1. The largest absolute Gasteiger partial charge is 0.481 e. The highest BCUT2D eigenvalue weighted by Crippen LogP contribution is 2.29. The van der Waals surface area contributed by atoms with Gasteiger partial charge in [0.2, 0.25) is 0 Å². The summed E-state index contributed by atoms with van der Waals surface area (Å²) in [5.41, 5.74) is 0. The quantitative estimate of drug-likeness (QED) is 0.745. The van der Waals surface area contributed by atoms with Gasteiger partial charge in [-0.05, 0) is 26.2 Å². The summed E-state index contributed by atoms with van der Waals surface area (Å²) in [6, 6.07) is 0.828. The molecule has 1 aliphatic carbocycles. The Morgan fingerprint density at radius 2 is 2.11 bits per heavy atom. The molecule has 2 fully saturated rings. The van der Waals surface area contributed by atoms with E-state index in [-0.39, 0.29) is 25.0 Å².